The number of hydrogen-bond acceptors (Lipinski definition) is 7. The Bertz CT molecular complexity index is 551. The molecule has 0 radical (unpaired) electrons. The molecule has 0 amide bonds. The molecule has 2 aliphatic rings. The van der Waals surface area contributed by atoms with Crippen LogP contribution < -0.4 is 10.4 Å². The number of likely N-dealkylation sites (tertiary alicyclic amines) is 1. The number of hydrazine groups is 1. The van der Waals surface area contributed by atoms with Crippen LogP contribution in [0.3, 0.4) is 0 Å². The van der Waals surface area contributed by atoms with E-state index in [9.17, 15) is 15.2 Å². The molecule has 2 aliphatic heterocycles. The molecule has 112 valence electrons. The van der Waals surface area contributed by atoms with Gasteiger partial charge in [-0.1, -0.05) is 0 Å². The van der Waals surface area contributed by atoms with Crippen LogP contribution in [0.15, 0.2) is 29.3 Å². The molecule has 0 unspecified atom stereocenters. The molecule has 8 nitrogen and oxygen atoms in total. The van der Waals surface area contributed by atoms with E-state index in [2.05, 4.69) is 15.3 Å². The average Bonchev–Trinajstić information content (AvgIpc) is 2.98. The van der Waals surface area contributed by atoms with E-state index in [0.717, 1.165) is 37.6 Å². The minimum absolute atomic E-state index is 0.0732. The number of guanidine groups is 1. The first-order valence-corrected chi connectivity index (χ1v) is 6.89. The van der Waals surface area contributed by atoms with Crippen molar-refractivity contribution >= 4 is 17.3 Å². The molecule has 2 heterocycles. The second-order valence-corrected chi connectivity index (χ2v) is 5.15. The molecule has 1 aromatic carbocycles. The number of aliphatic hydroxyl groups is 1. The van der Waals surface area contributed by atoms with Crippen LogP contribution in [0, 0.1) is 10.1 Å². The predicted octanol–water partition coefficient (Wildman–Crippen LogP) is 0.690. The third-order valence-corrected chi connectivity index (χ3v) is 3.73. The Morgan fingerprint density at radius 1 is 1.29 bits per heavy atom. The van der Waals surface area contributed by atoms with E-state index >= 15 is 0 Å². The van der Waals surface area contributed by atoms with E-state index < -0.39 is 4.92 Å². The van der Waals surface area contributed by atoms with Crippen LogP contribution in [0.2, 0.25) is 0 Å². The number of rotatable bonds is 2. The van der Waals surface area contributed by atoms with Crippen molar-refractivity contribution in [2.24, 2.45) is 4.99 Å². The summed E-state index contributed by atoms with van der Waals surface area (Å²) in [4.78, 5) is 16.8. The van der Waals surface area contributed by atoms with Gasteiger partial charge < -0.3 is 10.0 Å². The van der Waals surface area contributed by atoms with Gasteiger partial charge in [0.25, 0.3) is 5.69 Å². The summed E-state index contributed by atoms with van der Waals surface area (Å²) in [7, 11) is 0. The lowest BCUT2D eigenvalue weighted by atomic mass is 10.1. The molecule has 0 saturated carbocycles. The molecule has 3 rings (SSSR count). The fourth-order valence-electron chi connectivity index (χ4n) is 2.48. The smallest absolute Gasteiger partial charge is 0.269 e. The number of benzene rings is 1. The lowest BCUT2D eigenvalue weighted by Crippen LogP contribution is -2.48. The first kappa shape index (κ1) is 13.6. The number of non-ortho nitro benzene ring substituents is 1. The number of nitrogens with zero attached hydrogens (tertiary/aromatic N) is 4. The maximum Gasteiger partial charge on any atom is 0.269 e. The van der Waals surface area contributed by atoms with Crippen molar-refractivity contribution in [2.75, 3.05) is 24.8 Å². The molecule has 0 aliphatic carbocycles. The summed E-state index contributed by atoms with van der Waals surface area (Å²) in [5.41, 5.74) is 4.10. The minimum atomic E-state index is -0.415. The van der Waals surface area contributed by atoms with Crippen LogP contribution in [-0.2, 0) is 0 Å². The van der Waals surface area contributed by atoms with Crippen LogP contribution in [-0.4, -0.2) is 46.8 Å². The SMILES string of the molecule is O=[N+]([O-])c1ccc(N2CN=C(N3CCC(O)CC3)N2)cc1. The lowest BCUT2D eigenvalue weighted by molar-refractivity contribution is -0.384. The van der Waals surface area contributed by atoms with Gasteiger partial charge in [0.15, 0.2) is 0 Å². The first-order valence-electron chi connectivity index (χ1n) is 6.89. The summed E-state index contributed by atoms with van der Waals surface area (Å²) in [5.74, 6) is 0.792. The van der Waals surface area contributed by atoms with Gasteiger partial charge in [-0.15, -0.1) is 0 Å². The Labute approximate surface area is 121 Å². The predicted molar refractivity (Wildman–Crippen MR) is 77.8 cm³/mol. The summed E-state index contributed by atoms with van der Waals surface area (Å²) in [6.07, 6.45) is 1.28. The molecule has 0 spiro atoms. The van der Waals surface area contributed by atoms with Crippen LogP contribution >= 0.6 is 0 Å². The molecule has 8 heteroatoms. The number of nitrogens with one attached hydrogen (secondary N) is 1. The van der Waals surface area contributed by atoms with Gasteiger partial charge in [-0.25, -0.2) is 4.99 Å². The zero-order chi connectivity index (χ0) is 14.8. The van der Waals surface area contributed by atoms with Crippen molar-refractivity contribution in [1.29, 1.82) is 0 Å². The molecule has 0 aromatic heterocycles. The van der Waals surface area contributed by atoms with E-state index in [1.165, 1.54) is 12.1 Å². The van der Waals surface area contributed by atoms with Crippen molar-refractivity contribution in [1.82, 2.24) is 10.3 Å². The van der Waals surface area contributed by atoms with Crippen molar-refractivity contribution in [3.8, 4) is 0 Å². The summed E-state index contributed by atoms with van der Waals surface area (Å²) in [6.45, 7) is 2.02. The van der Waals surface area contributed by atoms with Crippen LogP contribution in [0.4, 0.5) is 11.4 Å². The zero-order valence-electron chi connectivity index (χ0n) is 11.5. The minimum Gasteiger partial charge on any atom is -0.393 e. The highest BCUT2D eigenvalue weighted by Gasteiger charge is 2.24. The maximum absolute atomic E-state index is 10.6. The lowest BCUT2D eigenvalue weighted by Gasteiger charge is -2.31. The largest absolute Gasteiger partial charge is 0.393 e. The van der Waals surface area contributed by atoms with Crippen LogP contribution in [0.25, 0.3) is 0 Å². The Morgan fingerprint density at radius 2 is 1.95 bits per heavy atom. The average molecular weight is 291 g/mol. The Balaban J connectivity index is 1.61. The summed E-state index contributed by atoms with van der Waals surface area (Å²) in [6, 6.07) is 6.35. The number of hydrogen-bond donors (Lipinski definition) is 2. The quantitative estimate of drug-likeness (QED) is 0.615. The molecule has 2 N–H and O–H groups in total. The maximum atomic E-state index is 10.6. The number of aliphatic imine (C=N–C) groups is 1. The topological polar surface area (TPSA) is 94.2 Å². The van der Waals surface area contributed by atoms with E-state index in [-0.39, 0.29) is 11.8 Å². The Kier molecular flexibility index (Phi) is 3.61. The fourth-order valence-corrected chi connectivity index (χ4v) is 2.48. The molecule has 1 saturated heterocycles. The first-order chi connectivity index (χ1) is 10.1. The van der Waals surface area contributed by atoms with E-state index in [1.807, 2.05) is 5.01 Å². The van der Waals surface area contributed by atoms with Crippen molar-refractivity contribution in [3.63, 3.8) is 0 Å². The number of anilines is 1. The zero-order valence-corrected chi connectivity index (χ0v) is 11.5. The van der Waals surface area contributed by atoms with Gasteiger partial charge in [0.2, 0.25) is 5.96 Å². The standard InChI is InChI=1S/C13H17N5O3/c19-12-5-7-16(8-6-12)13-14-9-17(15-13)10-1-3-11(4-2-10)18(20)21/h1-4,12,19H,5-9H2,(H,14,15). The third kappa shape index (κ3) is 2.89. The van der Waals surface area contributed by atoms with Gasteiger partial charge in [-0.05, 0) is 25.0 Å². The Hall–Kier alpha value is -2.35. The van der Waals surface area contributed by atoms with E-state index in [1.54, 1.807) is 12.1 Å². The summed E-state index contributed by atoms with van der Waals surface area (Å²) >= 11 is 0. The van der Waals surface area contributed by atoms with Crippen molar-refractivity contribution in [3.05, 3.63) is 34.4 Å². The Morgan fingerprint density at radius 3 is 2.57 bits per heavy atom. The van der Waals surface area contributed by atoms with E-state index in [4.69, 9.17) is 0 Å². The second kappa shape index (κ2) is 5.57. The van der Waals surface area contributed by atoms with Crippen LogP contribution in [0.5, 0.6) is 0 Å². The van der Waals surface area contributed by atoms with Gasteiger partial charge in [0.05, 0.1) is 16.7 Å². The fraction of sp³-hybridized carbons (Fsp3) is 0.462. The molecule has 0 bridgehead atoms. The molecular formula is C13H17N5O3. The molecule has 1 fully saturated rings. The van der Waals surface area contributed by atoms with Gasteiger partial charge in [-0.2, -0.15) is 0 Å². The number of nitro groups is 1. The van der Waals surface area contributed by atoms with Gasteiger partial charge >= 0.3 is 0 Å². The summed E-state index contributed by atoms with van der Waals surface area (Å²) in [5, 5.41) is 22.0. The molecular weight excluding hydrogens is 274 g/mol. The third-order valence-electron chi connectivity index (χ3n) is 3.73. The van der Waals surface area contributed by atoms with Crippen molar-refractivity contribution in [2.45, 2.75) is 18.9 Å². The van der Waals surface area contributed by atoms with Crippen LogP contribution in [0.1, 0.15) is 12.8 Å². The highest BCUT2D eigenvalue weighted by molar-refractivity contribution is 5.84. The van der Waals surface area contributed by atoms with Crippen molar-refractivity contribution < 1.29 is 10.0 Å². The normalized spacial score (nSPS) is 19.4. The van der Waals surface area contributed by atoms with Gasteiger partial charge in [-0.3, -0.25) is 20.5 Å². The molecule has 1 aromatic rings. The van der Waals surface area contributed by atoms with Gasteiger partial charge in [0.1, 0.15) is 6.67 Å². The molecule has 21 heavy (non-hydrogen) atoms. The number of nitro benzene ring substituents is 1. The number of aliphatic hydroxyl groups excluding tert-OH is 1. The monoisotopic (exact) mass is 291 g/mol. The van der Waals surface area contributed by atoms with Gasteiger partial charge in [0, 0.05) is 25.2 Å². The highest BCUT2D eigenvalue weighted by Crippen LogP contribution is 2.20. The van der Waals surface area contributed by atoms with E-state index in [0.29, 0.717) is 6.67 Å². The molecule has 0 atom stereocenters. The summed E-state index contributed by atoms with van der Waals surface area (Å²) < 4.78 is 0. The number of piperidine rings is 1. The highest BCUT2D eigenvalue weighted by atomic mass is 16.6. The second-order valence-electron chi connectivity index (χ2n) is 5.15.